The normalized spacial score (nSPS) is 17.1. The van der Waals surface area contributed by atoms with Crippen LogP contribution in [0, 0.1) is 0 Å². The van der Waals surface area contributed by atoms with E-state index in [0.717, 1.165) is 0 Å². The molecule has 1 aromatic carbocycles. The molecule has 1 amide bonds. The molecule has 1 aromatic rings. The first-order valence-electron chi connectivity index (χ1n) is 10.3. The van der Waals surface area contributed by atoms with E-state index in [1.165, 1.54) is 14.2 Å². The Kier molecular flexibility index (Phi) is 7.53. The van der Waals surface area contributed by atoms with E-state index in [1.807, 2.05) is 0 Å². The average Bonchev–Trinajstić information content (AvgIpc) is 2.82. The molecule has 0 saturated carbocycles. The number of benzene rings is 1. The summed E-state index contributed by atoms with van der Waals surface area (Å²) in [6.45, 7) is 5.60. The molecule has 0 radical (unpaired) electrons. The lowest BCUT2D eigenvalue weighted by atomic mass is 9.80. The maximum atomic E-state index is 12.5. The summed E-state index contributed by atoms with van der Waals surface area (Å²) >= 11 is 0. The largest absolute Gasteiger partial charge is 0.484 e. The molecule has 1 N–H and O–H groups in total. The fourth-order valence-electron chi connectivity index (χ4n) is 3.89. The topological polar surface area (TPSA) is 103 Å². The molecule has 0 aliphatic carbocycles. The van der Waals surface area contributed by atoms with Gasteiger partial charge in [-0.1, -0.05) is 12.1 Å². The third kappa shape index (κ3) is 4.94. The number of hydrogen-bond acceptors (Lipinski definition) is 8. The molecule has 2 heterocycles. The standard InChI is InChI=1S/C23H28N2O7/c1-14-19(22(27)29-3)21(20(15(2)24-14)23(28)30-4)16-5-7-17(8-6-16)32-13-18(26)25-9-11-31-12-10-25/h5-8,21,24H,9-13H2,1-4H3. The lowest BCUT2D eigenvalue weighted by Crippen LogP contribution is -2.42. The number of carbonyl (C=O) groups is 3. The zero-order chi connectivity index (χ0) is 23.3. The van der Waals surface area contributed by atoms with Crippen LogP contribution >= 0.6 is 0 Å². The fraction of sp³-hybridized carbons (Fsp3) is 0.435. The Balaban J connectivity index is 1.83. The smallest absolute Gasteiger partial charge is 0.336 e. The second kappa shape index (κ2) is 10.3. The number of nitrogens with zero attached hydrogens (tertiary/aromatic N) is 1. The molecule has 1 saturated heterocycles. The van der Waals surface area contributed by atoms with Gasteiger partial charge in [0.25, 0.3) is 5.91 Å². The predicted octanol–water partition coefficient (Wildman–Crippen LogP) is 1.51. The van der Waals surface area contributed by atoms with E-state index < -0.39 is 17.9 Å². The Labute approximate surface area is 186 Å². The van der Waals surface area contributed by atoms with E-state index in [0.29, 0.717) is 60.2 Å². The first-order chi connectivity index (χ1) is 15.4. The molecule has 2 aliphatic rings. The van der Waals surface area contributed by atoms with Crippen molar-refractivity contribution >= 4 is 17.8 Å². The van der Waals surface area contributed by atoms with Gasteiger partial charge in [-0.3, -0.25) is 4.79 Å². The van der Waals surface area contributed by atoms with Crippen molar-refractivity contribution in [3.05, 3.63) is 52.4 Å². The van der Waals surface area contributed by atoms with Gasteiger partial charge in [0, 0.05) is 24.5 Å². The molecule has 9 nitrogen and oxygen atoms in total. The van der Waals surface area contributed by atoms with Crippen LogP contribution in [0.2, 0.25) is 0 Å². The molecular weight excluding hydrogens is 416 g/mol. The molecule has 0 aromatic heterocycles. The van der Waals surface area contributed by atoms with E-state index in [9.17, 15) is 14.4 Å². The van der Waals surface area contributed by atoms with Crippen molar-refractivity contribution in [1.82, 2.24) is 10.2 Å². The quantitative estimate of drug-likeness (QED) is 0.659. The van der Waals surface area contributed by atoms with Crippen LogP contribution in [0.1, 0.15) is 25.3 Å². The number of nitrogens with one attached hydrogen (secondary N) is 1. The molecular formula is C23H28N2O7. The average molecular weight is 444 g/mol. The lowest BCUT2D eigenvalue weighted by molar-refractivity contribution is -0.138. The maximum absolute atomic E-state index is 12.5. The Hall–Kier alpha value is -3.33. The van der Waals surface area contributed by atoms with E-state index in [4.69, 9.17) is 18.9 Å². The number of rotatable bonds is 6. The monoisotopic (exact) mass is 444 g/mol. The molecule has 32 heavy (non-hydrogen) atoms. The van der Waals surface area contributed by atoms with Crippen molar-refractivity contribution in [2.24, 2.45) is 0 Å². The van der Waals surface area contributed by atoms with Gasteiger partial charge < -0.3 is 29.2 Å². The SMILES string of the molecule is COC(=O)C1=C(C)NC(C)=C(C(=O)OC)C1c1ccc(OCC(=O)N2CCOCC2)cc1. The summed E-state index contributed by atoms with van der Waals surface area (Å²) in [6.07, 6.45) is 0. The molecule has 1 fully saturated rings. The van der Waals surface area contributed by atoms with Gasteiger partial charge in [0.1, 0.15) is 5.75 Å². The summed E-state index contributed by atoms with van der Waals surface area (Å²) in [5, 5.41) is 3.07. The van der Waals surface area contributed by atoms with E-state index in [1.54, 1.807) is 43.0 Å². The number of esters is 2. The number of allylic oxidation sites excluding steroid dienone is 2. The van der Waals surface area contributed by atoms with Gasteiger partial charge in [-0.15, -0.1) is 0 Å². The van der Waals surface area contributed by atoms with Crippen LogP contribution in [0.4, 0.5) is 0 Å². The van der Waals surface area contributed by atoms with E-state index >= 15 is 0 Å². The minimum absolute atomic E-state index is 0.0778. The van der Waals surface area contributed by atoms with Gasteiger partial charge in [-0.2, -0.15) is 0 Å². The van der Waals surface area contributed by atoms with Crippen molar-refractivity contribution in [2.45, 2.75) is 19.8 Å². The molecule has 172 valence electrons. The van der Waals surface area contributed by atoms with Crippen molar-refractivity contribution < 1.29 is 33.3 Å². The minimum Gasteiger partial charge on any atom is -0.484 e. The van der Waals surface area contributed by atoms with Gasteiger partial charge in [-0.05, 0) is 31.5 Å². The number of methoxy groups -OCH3 is 2. The van der Waals surface area contributed by atoms with Crippen LogP contribution < -0.4 is 10.1 Å². The Bertz CT molecular complexity index is 906. The van der Waals surface area contributed by atoms with Crippen molar-refractivity contribution in [3.63, 3.8) is 0 Å². The number of dihydropyridines is 1. The Morgan fingerprint density at radius 3 is 2.00 bits per heavy atom. The highest BCUT2D eigenvalue weighted by atomic mass is 16.5. The minimum atomic E-state index is -0.666. The van der Waals surface area contributed by atoms with Gasteiger partial charge in [0.2, 0.25) is 0 Å². The van der Waals surface area contributed by atoms with Crippen LogP contribution in [0.25, 0.3) is 0 Å². The highest BCUT2D eigenvalue weighted by Gasteiger charge is 2.37. The number of hydrogen-bond donors (Lipinski definition) is 1. The highest BCUT2D eigenvalue weighted by Crippen LogP contribution is 2.39. The second-order valence-electron chi connectivity index (χ2n) is 7.47. The summed E-state index contributed by atoms with van der Waals surface area (Å²) in [7, 11) is 2.59. The fourth-order valence-corrected chi connectivity index (χ4v) is 3.89. The summed E-state index contributed by atoms with van der Waals surface area (Å²) in [4.78, 5) is 39.1. The molecule has 0 spiro atoms. The van der Waals surface area contributed by atoms with Gasteiger partial charge >= 0.3 is 11.9 Å². The van der Waals surface area contributed by atoms with Crippen LogP contribution in [-0.4, -0.2) is 69.9 Å². The van der Waals surface area contributed by atoms with E-state index in [-0.39, 0.29) is 12.5 Å². The van der Waals surface area contributed by atoms with Crippen LogP contribution in [0.5, 0.6) is 5.75 Å². The summed E-state index contributed by atoms with van der Waals surface area (Å²) in [5.74, 6) is -1.34. The third-order valence-electron chi connectivity index (χ3n) is 5.51. The number of ether oxygens (including phenoxy) is 4. The number of amides is 1. The van der Waals surface area contributed by atoms with Crippen molar-refractivity contribution in [3.8, 4) is 5.75 Å². The molecule has 0 unspecified atom stereocenters. The predicted molar refractivity (Wildman–Crippen MR) is 115 cm³/mol. The van der Waals surface area contributed by atoms with Crippen LogP contribution in [0.15, 0.2) is 46.8 Å². The maximum Gasteiger partial charge on any atom is 0.336 e. The second-order valence-corrected chi connectivity index (χ2v) is 7.47. The zero-order valence-electron chi connectivity index (χ0n) is 18.7. The highest BCUT2D eigenvalue weighted by molar-refractivity contribution is 5.99. The summed E-state index contributed by atoms with van der Waals surface area (Å²) in [6, 6.07) is 6.94. The zero-order valence-corrected chi connectivity index (χ0v) is 18.7. The van der Waals surface area contributed by atoms with Gasteiger partial charge in [-0.25, -0.2) is 9.59 Å². The van der Waals surface area contributed by atoms with Crippen LogP contribution in [0.3, 0.4) is 0 Å². The van der Waals surface area contributed by atoms with Gasteiger partial charge in [0.05, 0.1) is 44.5 Å². The molecule has 2 aliphatic heterocycles. The van der Waals surface area contributed by atoms with E-state index in [2.05, 4.69) is 5.32 Å². The van der Waals surface area contributed by atoms with Crippen LogP contribution in [-0.2, 0) is 28.6 Å². The first kappa shape index (κ1) is 23.3. The molecule has 0 atom stereocenters. The first-order valence-corrected chi connectivity index (χ1v) is 10.3. The molecule has 9 heteroatoms. The Morgan fingerprint density at radius 1 is 0.969 bits per heavy atom. The third-order valence-corrected chi connectivity index (χ3v) is 5.51. The summed E-state index contributed by atoms with van der Waals surface area (Å²) < 4.78 is 20.8. The molecule has 0 bridgehead atoms. The lowest BCUT2D eigenvalue weighted by Gasteiger charge is -2.30. The number of morpholine rings is 1. The van der Waals surface area contributed by atoms with Crippen molar-refractivity contribution in [2.75, 3.05) is 47.1 Å². The number of carbonyl (C=O) groups excluding carboxylic acids is 3. The Morgan fingerprint density at radius 2 is 1.50 bits per heavy atom. The molecule has 3 rings (SSSR count). The summed E-state index contributed by atoms with van der Waals surface area (Å²) in [5.41, 5.74) is 2.55. The van der Waals surface area contributed by atoms with Crippen molar-refractivity contribution in [1.29, 1.82) is 0 Å². The van der Waals surface area contributed by atoms with Gasteiger partial charge in [0.15, 0.2) is 6.61 Å².